The van der Waals surface area contributed by atoms with Crippen LogP contribution in [0.15, 0.2) is 42.5 Å². The van der Waals surface area contributed by atoms with Crippen molar-refractivity contribution in [2.24, 2.45) is 0 Å². The molecule has 1 amide bonds. The Morgan fingerprint density at radius 1 is 1.10 bits per heavy atom. The van der Waals surface area contributed by atoms with Gasteiger partial charge in [-0.15, -0.1) is 0 Å². The molecule has 2 aromatic carbocycles. The summed E-state index contributed by atoms with van der Waals surface area (Å²) in [4.78, 5) is 12.2. The molecular formula is C18H21NO2. The molecule has 1 atom stereocenters. The third-order valence-electron chi connectivity index (χ3n) is 3.48. The first-order valence-electron chi connectivity index (χ1n) is 7.08. The summed E-state index contributed by atoms with van der Waals surface area (Å²) in [5, 5.41) is 2.85. The van der Waals surface area contributed by atoms with Crippen LogP contribution in [-0.4, -0.2) is 12.0 Å². The molecule has 2 aromatic rings. The van der Waals surface area contributed by atoms with Gasteiger partial charge in [0.15, 0.2) is 6.10 Å². The highest BCUT2D eigenvalue weighted by molar-refractivity contribution is 5.94. The molecule has 0 aliphatic rings. The minimum absolute atomic E-state index is 0.153. The molecule has 0 aromatic heterocycles. The second-order valence-electron chi connectivity index (χ2n) is 5.32. The molecule has 0 saturated heterocycles. The number of rotatable bonds is 4. The van der Waals surface area contributed by atoms with E-state index in [4.69, 9.17) is 4.74 Å². The summed E-state index contributed by atoms with van der Waals surface area (Å²) in [6.45, 7) is 7.83. The normalized spacial score (nSPS) is 11.8. The lowest BCUT2D eigenvalue weighted by Crippen LogP contribution is -2.30. The Hall–Kier alpha value is -2.29. The van der Waals surface area contributed by atoms with Gasteiger partial charge < -0.3 is 10.1 Å². The summed E-state index contributed by atoms with van der Waals surface area (Å²) in [6, 6.07) is 13.5. The Kier molecular flexibility index (Phi) is 4.63. The lowest BCUT2D eigenvalue weighted by atomic mass is 10.1. The van der Waals surface area contributed by atoms with Gasteiger partial charge in [-0.25, -0.2) is 0 Å². The number of amides is 1. The number of nitrogens with one attached hydrogen (secondary N) is 1. The van der Waals surface area contributed by atoms with Crippen molar-refractivity contribution in [3.8, 4) is 5.75 Å². The van der Waals surface area contributed by atoms with E-state index < -0.39 is 6.10 Å². The smallest absolute Gasteiger partial charge is 0.265 e. The van der Waals surface area contributed by atoms with Crippen LogP contribution in [0.5, 0.6) is 5.75 Å². The van der Waals surface area contributed by atoms with Crippen LogP contribution in [-0.2, 0) is 4.79 Å². The fourth-order valence-electron chi connectivity index (χ4n) is 2.13. The first kappa shape index (κ1) is 15.1. The highest BCUT2D eigenvalue weighted by atomic mass is 16.5. The maximum atomic E-state index is 12.2. The van der Waals surface area contributed by atoms with E-state index in [9.17, 15) is 4.79 Å². The van der Waals surface area contributed by atoms with Crippen molar-refractivity contribution < 1.29 is 9.53 Å². The fraction of sp³-hybridized carbons (Fsp3) is 0.278. The Morgan fingerprint density at radius 2 is 1.76 bits per heavy atom. The maximum absolute atomic E-state index is 12.2. The van der Waals surface area contributed by atoms with Gasteiger partial charge in [-0.3, -0.25) is 4.79 Å². The van der Waals surface area contributed by atoms with Gasteiger partial charge in [0.05, 0.1) is 0 Å². The van der Waals surface area contributed by atoms with Gasteiger partial charge in [-0.05, 0) is 62.6 Å². The number of carbonyl (C=O) groups is 1. The van der Waals surface area contributed by atoms with Crippen LogP contribution in [0.2, 0.25) is 0 Å². The van der Waals surface area contributed by atoms with Gasteiger partial charge in [0.2, 0.25) is 0 Å². The molecule has 110 valence electrons. The van der Waals surface area contributed by atoms with Gasteiger partial charge in [-0.2, -0.15) is 0 Å². The Balaban J connectivity index is 2.07. The number of aryl methyl sites for hydroxylation is 2. The number of para-hydroxylation sites is 1. The highest BCUT2D eigenvalue weighted by Gasteiger charge is 2.16. The molecule has 1 N–H and O–H groups in total. The molecule has 21 heavy (non-hydrogen) atoms. The number of ether oxygens (including phenoxy) is 1. The molecule has 3 heteroatoms. The SMILES string of the molecule is Cc1cc(C)c(C)c(O[C@H](C)C(=O)Nc2ccccc2)c1. The van der Waals surface area contributed by atoms with Crippen molar-refractivity contribution in [2.45, 2.75) is 33.8 Å². The summed E-state index contributed by atoms with van der Waals surface area (Å²) in [5.74, 6) is 0.614. The van der Waals surface area contributed by atoms with E-state index in [1.165, 1.54) is 5.56 Å². The number of anilines is 1. The monoisotopic (exact) mass is 283 g/mol. The van der Waals surface area contributed by atoms with Crippen molar-refractivity contribution in [3.05, 3.63) is 59.2 Å². The Morgan fingerprint density at radius 3 is 2.43 bits per heavy atom. The van der Waals surface area contributed by atoms with E-state index in [-0.39, 0.29) is 5.91 Å². The summed E-state index contributed by atoms with van der Waals surface area (Å²) in [6.07, 6.45) is -0.551. The summed E-state index contributed by atoms with van der Waals surface area (Å²) in [7, 11) is 0. The predicted molar refractivity (Wildman–Crippen MR) is 85.8 cm³/mol. The number of hydrogen-bond donors (Lipinski definition) is 1. The minimum atomic E-state index is -0.551. The van der Waals surface area contributed by atoms with Crippen LogP contribution < -0.4 is 10.1 Å². The third-order valence-corrected chi connectivity index (χ3v) is 3.48. The maximum Gasteiger partial charge on any atom is 0.265 e. The van der Waals surface area contributed by atoms with Crippen LogP contribution in [0.25, 0.3) is 0 Å². The molecule has 3 nitrogen and oxygen atoms in total. The van der Waals surface area contributed by atoms with Crippen LogP contribution in [0.4, 0.5) is 5.69 Å². The van der Waals surface area contributed by atoms with Crippen molar-refractivity contribution in [1.29, 1.82) is 0 Å². The van der Waals surface area contributed by atoms with Crippen LogP contribution in [0.3, 0.4) is 0 Å². The van der Waals surface area contributed by atoms with Gasteiger partial charge >= 0.3 is 0 Å². The van der Waals surface area contributed by atoms with Gasteiger partial charge in [-0.1, -0.05) is 24.3 Å². The van der Waals surface area contributed by atoms with E-state index >= 15 is 0 Å². The van der Waals surface area contributed by atoms with Crippen molar-refractivity contribution in [2.75, 3.05) is 5.32 Å². The zero-order valence-corrected chi connectivity index (χ0v) is 12.9. The first-order chi connectivity index (χ1) is 9.97. The van der Waals surface area contributed by atoms with Crippen molar-refractivity contribution in [1.82, 2.24) is 0 Å². The molecule has 0 saturated carbocycles. The largest absolute Gasteiger partial charge is 0.481 e. The second kappa shape index (κ2) is 6.44. The lowest BCUT2D eigenvalue weighted by Gasteiger charge is -2.18. The lowest BCUT2D eigenvalue weighted by molar-refractivity contribution is -0.122. The summed E-state index contributed by atoms with van der Waals surface area (Å²) in [5.41, 5.74) is 4.14. The topological polar surface area (TPSA) is 38.3 Å². The molecule has 0 aliphatic carbocycles. The molecule has 0 unspecified atom stereocenters. The molecule has 0 fully saturated rings. The zero-order chi connectivity index (χ0) is 15.4. The average molecular weight is 283 g/mol. The highest BCUT2D eigenvalue weighted by Crippen LogP contribution is 2.24. The van der Waals surface area contributed by atoms with E-state index in [1.807, 2.05) is 57.2 Å². The van der Waals surface area contributed by atoms with Crippen molar-refractivity contribution in [3.63, 3.8) is 0 Å². The molecule has 0 bridgehead atoms. The van der Waals surface area contributed by atoms with E-state index in [0.29, 0.717) is 0 Å². The van der Waals surface area contributed by atoms with Gasteiger partial charge in [0.25, 0.3) is 5.91 Å². The number of hydrogen-bond acceptors (Lipinski definition) is 2. The van der Waals surface area contributed by atoms with Crippen LogP contribution in [0, 0.1) is 20.8 Å². The summed E-state index contributed by atoms with van der Waals surface area (Å²) < 4.78 is 5.83. The minimum Gasteiger partial charge on any atom is -0.481 e. The molecule has 0 radical (unpaired) electrons. The fourth-order valence-corrected chi connectivity index (χ4v) is 2.13. The Labute approximate surface area is 126 Å². The van der Waals surface area contributed by atoms with Gasteiger partial charge in [0, 0.05) is 5.69 Å². The number of benzene rings is 2. The van der Waals surface area contributed by atoms with E-state index in [1.54, 1.807) is 6.92 Å². The number of carbonyl (C=O) groups excluding carboxylic acids is 1. The average Bonchev–Trinajstić information content (AvgIpc) is 2.45. The van der Waals surface area contributed by atoms with E-state index in [2.05, 4.69) is 11.4 Å². The first-order valence-corrected chi connectivity index (χ1v) is 7.08. The molecule has 2 rings (SSSR count). The van der Waals surface area contributed by atoms with Crippen molar-refractivity contribution >= 4 is 11.6 Å². The van der Waals surface area contributed by atoms with Crippen LogP contribution in [0.1, 0.15) is 23.6 Å². The molecular weight excluding hydrogens is 262 g/mol. The predicted octanol–water partition coefficient (Wildman–Crippen LogP) is 4.02. The van der Waals surface area contributed by atoms with Gasteiger partial charge in [0.1, 0.15) is 5.75 Å². The molecule has 0 heterocycles. The summed E-state index contributed by atoms with van der Waals surface area (Å²) >= 11 is 0. The third kappa shape index (κ3) is 3.85. The zero-order valence-electron chi connectivity index (χ0n) is 12.9. The molecule has 0 aliphatic heterocycles. The quantitative estimate of drug-likeness (QED) is 0.920. The molecule has 0 spiro atoms. The standard InChI is InChI=1S/C18H21NO2/c1-12-10-13(2)14(3)17(11-12)21-15(4)18(20)19-16-8-6-5-7-9-16/h5-11,15H,1-4H3,(H,19,20)/t15-/m1/s1. The Bertz CT molecular complexity index is 635. The van der Waals surface area contributed by atoms with E-state index in [0.717, 1.165) is 22.6 Å². The van der Waals surface area contributed by atoms with Crippen LogP contribution >= 0.6 is 0 Å². The second-order valence-corrected chi connectivity index (χ2v) is 5.32.